The lowest BCUT2D eigenvalue weighted by Crippen LogP contribution is -2.28. The van der Waals surface area contributed by atoms with E-state index >= 15 is 0 Å². The number of benzene rings is 2. The van der Waals surface area contributed by atoms with Gasteiger partial charge in [0.25, 0.3) is 0 Å². The lowest BCUT2D eigenvalue weighted by atomic mass is 10.2. The molecule has 2 N–H and O–H groups in total. The number of amides is 3. The van der Waals surface area contributed by atoms with Crippen LogP contribution < -0.4 is 15.5 Å². The summed E-state index contributed by atoms with van der Waals surface area (Å²) in [5.74, 6) is 0. The normalized spacial score (nSPS) is 10.0. The number of urea groups is 1. The van der Waals surface area contributed by atoms with Crippen LogP contribution in [0, 0.1) is 0 Å². The first kappa shape index (κ1) is 18.6. The molecule has 0 saturated heterocycles. The molecule has 0 heterocycles. The molecule has 0 fully saturated rings. The Labute approximate surface area is 151 Å². The largest absolute Gasteiger partial charge is 0.449 e. The molecule has 0 atom stereocenters. The predicted octanol–water partition coefficient (Wildman–Crippen LogP) is 4.25. The van der Waals surface area contributed by atoms with Crippen LogP contribution in [-0.4, -0.2) is 25.8 Å². The lowest BCUT2D eigenvalue weighted by Gasteiger charge is -2.17. The number of carbonyl (C=O) groups excluding carboxylic acids is 2. The smallest absolute Gasteiger partial charge is 0.413 e. The average molecular weight is 362 g/mol. The van der Waals surface area contributed by atoms with Crippen molar-refractivity contribution in [2.24, 2.45) is 0 Å². The standard InChI is InChI=1S/C18H20ClN3O3/c1-3-25-18(24)22(2)16-10-8-15(9-11-16)21-17(23)20-12-13-4-6-14(19)7-5-13/h4-11H,3,12H2,1-2H3,(H2,20,21,23). The minimum absolute atomic E-state index is 0.316. The van der Waals surface area contributed by atoms with Crippen LogP contribution in [-0.2, 0) is 11.3 Å². The maximum absolute atomic E-state index is 11.9. The number of hydrogen-bond acceptors (Lipinski definition) is 3. The summed E-state index contributed by atoms with van der Waals surface area (Å²) in [6.07, 6.45) is -0.427. The third-order valence-electron chi connectivity index (χ3n) is 3.42. The van der Waals surface area contributed by atoms with Gasteiger partial charge in [-0.05, 0) is 48.9 Å². The van der Waals surface area contributed by atoms with Crippen molar-refractivity contribution in [3.05, 3.63) is 59.1 Å². The third kappa shape index (κ3) is 5.69. The van der Waals surface area contributed by atoms with Crippen molar-refractivity contribution >= 4 is 35.1 Å². The Kier molecular flexibility index (Phi) is 6.65. The van der Waals surface area contributed by atoms with Crippen LogP contribution in [0.4, 0.5) is 21.0 Å². The van der Waals surface area contributed by atoms with Gasteiger partial charge in [0.2, 0.25) is 0 Å². The summed E-state index contributed by atoms with van der Waals surface area (Å²) >= 11 is 5.82. The van der Waals surface area contributed by atoms with Gasteiger partial charge in [0, 0.05) is 30.0 Å². The first-order chi connectivity index (χ1) is 12.0. The molecule has 2 rings (SSSR count). The van der Waals surface area contributed by atoms with E-state index in [2.05, 4.69) is 10.6 Å². The molecule has 2 aromatic carbocycles. The van der Waals surface area contributed by atoms with Crippen LogP contribution >= 0.6 is 11.6 Å². The monoisotopic (exact) mass is 361 g/mol. The number of halogens is 1. The van der Waals surface area contributed by atoms with E-state index in [0.29, 0.717) is 29.5 Å². The number of carbonyl (C=O) groups is 2. The van der Waals surface area contributed by atoms with Crippen molar-refractivity contribution < 1.29 is 14.3 Å². The number of nitrogens with zero attached hydrogens (tertiary/aromatic N) is 1. The zero-order chi connectivity index (χ0) is 18.2. The van der Waals surface area contributed by atoms with Crippen LogP contribution in [0.25, 0.3) is 0 Å². The van der Waals surface area contributed by atoms with E-state index in [1.165, 1.54) is 4.90 Å². The van der Waals surface area contributed by atoms with Gasteiger partial charge in [-0.15, -0.1) is 0 Å². The Bertz CT molecular complexity index is 717. The van der Waals surface area contributed by atoms with Crippen molar-refractivity contribution in [1.82, 2.24) is 5.32 Å². The molecular formula is C18H20ClN3O3. The molecular weight excluding hydrogens is 342 g/mol. The second-order valence-electron chi connectivity index (χ2n) is 5.24. The Hall–Kier alpha value is -2.73. The zero-order valence-electron chi connectivity index (χ0n) is 14.1. The van der Waals surface area contributed by atoms with E-state index in [4.69, 9.17) is 16.3 Å². The zero-order valence-corrected chi connectivity index (χ0v) is 14.8. The Balaban J connectivity index is 1.86. The summed E-state index contributed by atoms with van der Waals surface area (Å²) in [7, 11) is 1.62. The molecule has 25 heavy (non-hydrogen) atoms. The van der Waals surface area contributed by atoms with Crippen molar-refractivity contribution in [1.29, 1.82) is 0 Å². The van der Waals surface area contributed by atoms with Crippen molar-refractivity contribution in [3.8, 4) is 0 Å². The number of nitrogens with one attached hydrogen (secondary N) is 2. The van der Waals surface area contributed by atoms with E-state index < -0.39 is 6.09 Å². The molecule has 7 heteroatoms. The molecule has 0 unspecified atom stereocenters. The van der Waals surface area contributed by atoms with Gasteiger partial charge in [-0.3, -0.25) is 4.90 Å². The number of hydrogen-bond donors (Lipinski definition) is 2. The van der Waals surface area contributed by atoms with Crippen LogP contribution in [0.15, 0.2) is 48.5 Å². The summed E-state index contributed by atoms with van der Waals surface area (Å²) in [6.45, 7) is 2.46. The van der Waals surface area contributed by atoms with Gasteiger partial charge in [-0.25, -0.2) is 9.59 Å². The third-order valence-corrected chi connectivity index (χ3v) is 3.67. The van der Waals surface area contributed by atoms with Gasteiger partial charge in [0.15, 0.2) is 0 Å². The topological polar surface area (TPSA) is 70.7 Å². The highest BCUT2D eigenvalue weighted by atomic mass is 35.5. The fraction of sp³-hybridized carbons (Fsp3) is 0.222. The Morgan fingerprint density at radius 1 is 1.08 bits per heavy atom. The highest BCUT2D eigenvalue weighted by Gasteiger charge is 2.11. The van der Waals surface area contributed by atoms with E-state index in [-0.39, 0.29) is 6.03 Å². The van der Waals surface area contributed by atoms with Crippen LogP contribution in [0.1, 0.15) is 12.5 Å². The number of ether oxygens (including phenoxy) is 1. The minimum Gasteiger partial charge on any atom is -0.449 e. The Morgan fingerprint density at radius 3 is 2.32 bits per heavy atom. The second-order valence-corrected chi connectivity index (χ2v) is 5.68. The fourth-order valence-corrected chi connectivity index (χ4v) is 2.18. The molecule has 0 aromatic heterocycles. The second kappa shape index (κ2) is 8.94. The molecule has 2 aromatic rings. The summed E-state index contributed by atoms with van der Waals surface area (Å²) in [5.41, 5.74) is 2.24. The molecule has 3 amide bonds. The molecule has 0 bridgehead atoms. The molecule has 0 saturated carbocycles. The highest BCUT2D eigenvalue weighted by molar-refractivity contribution is 6.30. The fourth-order valence-electron chi connectivity index (χ4n) is 2.05. The predicted molar refractivity (Wildman–Crippen MR) is 99.2 cm³/mol. The minimum atomic E-state index is -0.427. The van der Waals surface area contributed by atoms with Crippen molar-refractivity contribution in [3.63, 3.8) is 0 Å². The lowest BCUT2D eigenvalue weighted by molar-refractivity contribution is 0.161. The molecule has 6 nitrogen and oxygen atoms in total. The molecule has 0 radical (unpaired) electrons. The maximum Gasteiger partial charge on any atom is 0.413 e. The Morgan fingerprint density at radius 2 is 1.72 bits per heavy atom. The van der Waals surface area contributed by atoms with E-state index in [1.54, 1.807) is 50.4 Å². The first-order valence-corrected chi connectivity index (χ1v) is 8.17. The van der Waals surface area contributed by atoms with Crippen LogP contribution in [0.5, 0.6) is 0 Å². The van der Waals surface area contributed by atoms with Gasteiger partial charge >= 0.3 is 12.1 Å². The van der Waals surface area contributed by atoms with Crippen LogP contribution in [0.3, 0.4) is 0 Å². The van der Waals surface area contributed by atoms with Gasteiger partial charge in [-0.2, -0.15) is 0 Å². The van der Waals surface area contributed by atoms with Crippen LogP contribution in [0.2, 0.25) is 5.02 Å². The summed E-state index contributed by atoms with van der Waals surface area (Å²) in [6, 6.07) is 13.8. The van der Waals surface area contributed by atoms with E-state index in [9.17, 15) is 9.59 Å². The summed E-state index contributed by atoms with van der Waals surface area (Å²) in [4.78, 5) is 25.0. The number of rotatable bonds is 5. The van der Waals surface area contributed by atoms with Crippen molar-refractivity contribution in [2.45, 2.75) is 13.5 Å². The first-order valence-electron chi connectivity index (χ1n) is 7.79. The quantitative estimate of drug-likeness (QED) is 0.836. The molecule has 0 spiro atoms. The molecule has 0 aliphatic carbocycles. The molecule has 0 aliphatic rings. The van der Waals surface area contributed by atoms with Crippen molar-refractivity contribution in [2.75, 3.05) is 23.9 Å². The van der Waals surface area contributed by atoms with E-state index in [0.717, 1.165) is 5.56 Å². The summed E-state index contributed by atoms with van der Waals surface area (Å²) < 4.78 is 4.93. The van der Waals surface area contributed by atoms with Gasteiger partial charge < -0.3 is 15.4 Å². The molecule has 132 valence electrons. The van der Waals surface area contributed by atoms with Gasteiger partial charge in [-0.1, -0.05) is 23.7 Å². The highest BCUT2D eigenvalue weighted by Crippen LogP contribution is 2.17. The molecule has 0 aliphatic heterocycles. The van der Waals surface area contributed by atoms with Gasteiger partial charge in [0.1, 0.15) is 0 Å². The maximum atomic E-state index is 11.9. The van der Waals surface area contributed by atoms with Gasteiger partial charge in [0.05, 0.1) is 6.61 Å². The SMILES string of the molecule is CCOC(=O)N(C)c1ccc(NC(=O)NCc2ccc(Cl)cc2)cc1. The summed E-state index contributed by atoms with van der Waals surface area (Å²) in [5, 5.41) is 6.15. The van der Waals surface area contributed by atoms with E-state index in [1.807, 2.05) is 12.1 Å². The number of anilines is 2. The average Bonchev–Trinajstić information content (AvgIpc) is 2.61.